The van der Waals surface area contributed by atoms with Crippen molar-refractivity contribution in [3.8, 4) is 5.75 Å². The number of rotatable bonds is 9. The average Bonchev–Trinajstić information content (AvgIpc) is 2.77. The molecule has 1 aliphatic rings. The van der Waals surface area contributed by atoms with E-state index < -0.39 is 20.3 Å². The Morgan fingerprint density at radius 1 is 1.00 bits per heavy atom. The molecule has 0 aliphatic carbocycles. The van der Waals surface area contributed by atoms with Gasteiger partial charge in [-0.05, 0) is 55.2 Å². The smallest absolute Gasteiger partial charge is 0.235 e. The normalized spacial score (nSPS) is 19.9. The van der Waals surface area contributed by atoms with E-state index >= 15 is 0 Å². The van der Waals surface area contributed by atoms with Crippen LogP contribution < -0.4 is 9.64 Å². The highest BCUT2D eigenvalue weighted by Gasteiger charge is 2.56. The molecule has 0 bridgehead atoms. The van der Waals surface area contributed by atoms with Gasteiger partial charge in [-0.15, -0.1) is 0 Å². The number of hydrogen-bond donors (Lipinski definition) is 0. The van der Waals surface area contributed by atoms with Crippen molar-refractivity contribution >= 4 is 25.7 Å². The van der Waals surface area contributed by atoms with Crippen LogP contribution in [0.2, 0.25) is 18.1 Å². The lowest BCUT2D eigenvalue weighted by Crippen LogP contribution is -2.69. The predicted molar refractivity (Wildman–Crippen MR) is 135 cm³/mol. The second kappa shape index (κ2) is 9.43. The maximum absolute atomic E-state index is 13.6. The van der Waals surface area contributed by atoms with Crippen molar-refractivity contribution in [2.24, 2.45) is 11.8 Å². The van der Waals surface area contributed by atoms with Crippen LogP contribution in [0.3, 0.4) is 0 Å². The van der Waals surface area contributed by atoms with Gasteiger partial charge in [0.15, 0.2) is 14.1 Å². The fourth-order valence-electron chi connectivity index (χ4n) is 4.44. The molecule has 33 heavy (non-hydrogen) atoms. The Morgan fingerprint density at radius 2 is 1.58 bits per heavy atom. The fourth-order valence-corrected chi connectivity index (χ4v) is 7.21. The maximum atomic E-state index is 13.6. The zero-order valence-corrected chi connectivity index (χ0v) is 22.1. The summed E-state index contributed by atoms with van der Waals surface area (Å²) in [6.45, 7) is 15.3. The van der Waals surface area contributed by atoms with Gasteiger partial charge in [0.1, 0.15) is 11.8 Å². The molecule has 1 saturated heterocycles. The quantitative estimate of drug-likeness (QED) is 0.260. The zero-order valence-electron chi connectivity index (χ0n) is 21.1. The van der Waals surface area contributed by atoms with E-state index in [0.717, 1.165) is 0 Å². The van der Waals surface area contributed by atoms with Crippen molar-refractivity contribution in [1.29, 1.82) is 0 Å². The lowest BCUT2D eigenvalue weighted by Gasteiger charge is -2.51. The highest BCUT2D eigenvalue weighted by atomic mass is 28.4. The number of amides is 1. The summed E-state index contributed by atoms with van der Waals surface area (Å²) in [6, 6.07) is 15.9. The Labute approximate surface area is 199 Å². The van der Waals surface area contributed by atoms with Crippen LogP contribution in [-0.4, -0.2) is 39.3 Å². The molecule has 5 nitrogen and oxygen atoms in total. The third kappa shape index (κ3) is 4.64. The van der Waals surface area contributed by atoms with Crippen LogP contribution in [0.1, 0.15) is 45.0 Å². The molecule has 0 radical (unpaired) electrons. The molecule has 2 aromatic rings. The summed E-state index contributed by atoms with van der Waals surface area (Å²) in [7, 11) is -0.586. The van der Waals surface area contributed by atoms with Gasteiger partial charge in [-0.2, -0.15) is 0 Å². The fraction of sp³-hybridized carbons (Fsp3) is 0.481. The van der Waals surface area contributed by atoms with E-state index in [1.807, 2.05) is 37.3 Å². The lowest BCUT2D eigenvalue weighted by molar-refractivity contribution is -0.133. The van der Waals surface area contributed by atoms with Crippen LogP contribution >= 0.6 is 0 Å². The Morgan fingerprint density at radius 3 is 2.09 bits per heavy atom. The number of ketones is 1. The van der Waals surface area contributed by atoms with Gasteiger partial charge in [-0.25, -0.2) is 0 Å². The number of Topliss-reactive ketones (excluding diaryl/α,β-unsaturated/α-hetero) is 1. The molecule has 1 fully saturated rings. The Kier molecular flexibility index (Phi) is 7.20. The Bertz CT molecular complexity index is 985. The second-order valence-corrected chi connectivity index (χ2v) is 14.9. The summed E-state index contributed by atoms with van der Waals surface area (Å²) in [5, 5.41) is 0.0165. The third-order valence-corrected chi connectivity index (χ3v) is 12.4. The number of carbonyl (C=O) groups excluding carboxylic acids is 2. The van der Waals surface area contributed by atoms with Gasteiger partial charge in [0.25, 0.3) is 0 Å². The van der Waals surface area contributed by atoms with Crippen LogP contribution in [-0.2, 0) is 9.22 Å². The zero-order chi connectivity index (χ0) is 24.6. The molecular formula is C27H37NO4Si. The molecule has 0 spiro atoms. The van der Waals surface area contributed by atoms with Crippen LogP contribution in [0.15, 0.2) is 54.6 Å². The molecule has 0 aromatic heterocycles. The minimum atomic E-state index is -2.19. The highest BCUT2D eigenvalue weighted by molar-refractivity contribution is 6.74. The summed E-state index contributed by atoms with van der Waals surface area (Å²) < 4.78 is 11.9. The van der Waals surface area contributed by atoms with Crippen LogP contribution in [0.4, 0.5) is 5.69 Å². The van der Waals surface area contributed by atoms with E-state index in [1.54, 1.807) is 36.3 Å². The third-order valence-electron chi connectivity index (χ3n) is 7.80. The minimum Gasteiger partial charge on any atom is -0.497 e. The standard InChI is InChI=1S/C27H37NO4Si/c1-18(2)27(4,5)33(7,8)32-19(3)23-24(25(29)20-12-10-9-11-13-20)28(26(23)30)21-14-16-22(31-6)17-15-21/h9-19,23-24H,1-8H3/t19-,23-,24+/m1/s1. The molecule has 178 valence electrons. The molecule has 3 rings (SSSR count). The number of anilines is 1. The number of hydrogen-bond acceptors (Lipinski definition) is 4. The topological polar surface area (TPSA) is 55.8 Å². The van der Waals surface area contributed by atoms with E-state index in [1.165, 1.54) is 0 Å². The number of β-lactam (4-membered cyclic amide) rings is 1. The Balaban J connectivity index is 1.94. The molecule has 1 aliphatic heterocycles. The molecule has 2 aromatic carbocycles. The number of nitrogens with zero attached hydrogens (tertiary/aromatic N) is 1. The maximum Gasteiger partial charge on any atom is 0.235 e. The molecule has 0 unspecified atom stereocenters. The number of carbonyl (C=O) groups is 2. The van der Waals surface area contributed by atoms with Crippen molar-refractivity contribution in [2.45, 2.75) is 64.9 Å². The monoisotopic (exact) mass is 467 g/mol. The van der Waals surface area contributed by atoms with Gasteiger partial charge in [0, 0.05) is 11.3 Å². The summed E-state index contributed by atoms with van der Waals surface area (Å²) in [5.74, 6) is 0.494. The summed E-state index contributed by atoms with van der Waals surface area (Å²) in [4.78, 5) is 28.7. The van der Waals surface area contributed by atoms with Crippen molar-refractivity contribution in [3.05, 3.63) is 60.2 Å². The van der Waals surface area contributed by atoms with Gasteiger partial charge in [-0.1, -0.05) is 58.0 Å². The molecule has 0 N–H and O–H groups in total. The molecule has 3 atom stereocenters. The molecular weight excluding hydrogens is 430 g/mol. The van der Waals surface area contributed by atoms with Crippen molar-refractivity contribution in [2.75, 3.05) is 12.0 Å². The van der Waals surface area contributed by atoms with Gasteiger partial charge < -0.3 is 14.1 Å². The van der Waals surface area contributed by atoms with Crippen molar-refractivity contribution < 1.29 is 18.8 Å². The first kappa shape index (κ1) is 25.2. The first-order valence-electron chi connectivity index (χ1n) is 11.7. The Hall–Kier alpha value is -2.44. The lowest BCUT2D eigenvalue weighted by atomic mass is 9.78. The van der Waals surface area contributed by atoms with E-state index in [9.17, 15) is 9.59 Å². The minimum absolute atomic E-state index is 0.0165. The van der Waals surface area contributed by atoms with E-state index in [4.69, 9.17) is 9.16 Å². The highest BCUT2D eigenvalue weighted by Crippen LogP contribution is 2.47. The molecule has 0 saturated carbocycles. The SMILES string of the molecule is COc1ccc(N2C(=O)[C@H]([C@@H](C)O[Si](C)(C)C(C)(C)C(C)C)[C@H]2C(=O)c2ccccc2)cc1. The van der Waals surface area contributed by atoms with Gasteiger partial charge in [0.05, 0.1) is 19.1 Å². The van der Waals surface area contributed by atoms with Crippen molar-refractivity contribution in [1.82, 2.24) is 0 Å². The van der Waals surface area contributed by atoms with E-state index in [2.05, 4.69) is 40.8 Å². The van der Waals surface area contributed by atoms with Crippen LogP contribution in [0.25, 0.3) is 0 Å². The van der Waals surface area contributed by atoms with Gasteiger partial charge in [-0.3, -0.25) is 9.59 Å². The predicted octanol–water partition coefficient (Wildman–Crippen LogP) is 5.96. The second-order valence-electron chi connectivity index (χ2n) is 10.3. The molecule has 1 heterocycles. The molecule has 6 heteroatoms. The van der Waals surface area contributed by atoms with Crippen LogP contribution in [0, 0.1) is 11.8 Å². The average molecular weight is 468 g/mol. The molecule has 1 amide bonds. The van der Waals surface area contributed by atoms with E-state index in [0.29, 0.717) is 22.9 Å². The first-order valence-corrected chi connectivity index (χ1v) is 14.6. The number of ether oxygens (including phenoxy) is 1. The number of methoxy groups -OCH3 is 1. The summed E-state index contributed by atoms with van der Waals surface area (Å²) in [5.41, 5.74) is 1.29. The summed E-state index contributed by atoms with van der Waals surface area (Å²) >= 11 is 0. The first-order chi connectivity index (χ1) is 15.4. The van der Waals surface area contributed by atoms with E-state index in [-0.39, 0.29) is 22.8 Å². The van der Waals surface area contributed by atoms with Crippen molar-refractivity contribution in [3.63, 3.8) is 0 Å². The van der Waals surface area contributed by atoms with Gasteiger partial charge in [0.2, 0.25) is 5.91 Å². The van der Waals surface area contributed by atoms with Crippen LogP contribution in [0.5, 0.6) is 5.75 Å². The summed E-state index contributed by atoms with van der Waals surface area (Å²) in [6.07, 6.45) is -0.357. The largest absolute Gasteiger partial charge is 0.497 e. The van der Waals surface area contributed by atoms with Gasteiger partial charge >= 0.3 is 0 Å². The number of benzene rings is 2.